The maximum Gasteiger partial charge on any atom is 0.229 e. The molecule has 0 spiro atoms. The van der Waals surface area contributed by atoms with Crippen molar-refractivity contribution in [1.29, 1.82) is 0 Å². The zero-order chi connectivity index (χ0) is 25.4. The van der Waals surface area contributed by atoms with Crippen molar-refractivity contribution >= 4 is 23.4 Å². The van der Waals surface area contributed by atoms with Gasteiger partial charge in [-0.15, -0.1) is 11.6 Å². The summed E-state index contributed by atoms with van der Waals surface area (Å²) < 4.78 is 13.8. The average Bonchev–Trinajstić information content (AvgIpc) is 3.19. The fourth-order valence-electron chi connectivity index (χ4n) is 6.48. The lowest BCUT2D eigenvalue weighted by Crippen LogP contribution is -2.67. The number of nitrogens with zero attached hydrogens (tertiary/aromatic N) is 4. The number of nitrogens with one attached hydrogen (secondary N) is 4. The van der Waals surface area contributed by atoms with Gasteiger partial charge in [0.1, 0.15) is 6.17 Å². The second kappa shape index (κ2) is 11.3. The highest BCUT2D eigenvalue weighted by Gasteiger charge is 2.48. The fourth-order valence-corrected chi connectivity index (χ4v) is 6.92. The Labute approximate surface area is 217 Å². The van der Waals surface area contributed by atoms with Gasteiger partial charge in [0.2, 0.25) is 11.8 Å². The first kappa shape index (κ1) is 26.5. The first-order valence-electron chi connectivity index (χ1n) is 13.3. The fraction of sp³-hybridized carbons (Fsp3) is 0.913. The van der Waals surface area contributed by atoms with Crippen molar-refractivity contribution in [1.82, 2.24) is 41.1 Å². The number of halogens is 2. The Kier molecular flexibility index (Phi) is 8.33. The number of likely N-dealkylation sites (N-methyl/N-ethyl adjacent to an activating group) is 1. The zero-order valence-electron chi connectivity index (χ0n) is 21.0. The summed E-state index contributed by atoms with van der Waals surface area (Å²) in [7, 11) is 2.09. The predicted molar refractivity (Wildman–Crippen MR) is 135 cm³/mol. The molecule has 2 amide bonds. The number of piperazine rings is 1. The molecule has 204 valence electrons. The van der Waals surface area contributed by atoms with E-state index in [1.165, 1.54) is 0 Å². The van der Waals surface area contributed by atoms with Gasteiger partial charge < -0.3 is 26.2 Å². The van der Waals surface area contributed by atoms with E-state index in [1.807, 2.05) is 4.90 Å². The number of nitrogens with two attached hydrogens (primary N) is 1. The van der Waals surface area contributed by atoms with Crippen LogP contribution in [0.3, 0.4) is 0 Å². The minimum atomic E-state index is -1.00. The molecule has 0 aromatic carbocycles. The molecule has 5 fully saturated rings. The number of carbonyl (C=O) groups excluding carboxylic acids is 2. The summed E-state index contributed by atoms with van der Waals surface area (Å²) in [5.74, 6) is -0.364. The van der Waals surface area contributed by atoms with Crippen molar-refractivity contribution in [3.8, 4) is 0 Å². The third-order valence-corrected chi connectivity index (χ3v) is 8.97. The summed E-state index contributed by atoms with van der Waals surface area (Å²) in [4.78, 5) is 33.1. The Hall–Kier alpha value is -1.12. The van der Waals surface area contributed by atoms with E-state index in [9.17, 15) is 14.0 Å². The number of hydrogen-bond acceptors (Lipinski definition) is 9. The molecule has 0 aliphatic carbocycles. The van der Waals surface area contributed by atoms with Crippen LogP contribution >= 0.6 is 11.6 Å². The topological polar surface area (TPSA) is 121 Å². The first-order chi connectivity index (χ1) is 17.3. The van der Waals surface area contributed by atoms with Crippen molar-refractivity contribution in [3.63, 3.8) is 0 Å². The molecule has 5 heterocycles. The summed E-state index contributed by atoms with van der Waals surface area (Å²) in [6, 6.07) is -0.217. The number of carbonyl (C=O) groups is 2. The molecule has 0 radical (unpaired) electrons. The molecular formula is C23H41ClFN9O2. The van der Waals surface area contributed by atoms with Gasteiger partial charge in [-0.1, -0.05) is 0 Å². The molecule has 5 aliphatic rings. The Morgan fingerprint density at radius 2 is 1.78 bits per heavy atom. The van der Waals surface area contributed by atoms with Crippen LogP contribution in [0.15, 0.2) is 0 Å². The van der Waals surface area contributed by atoms with E-state index in [2.05, 4.69) is 38.2 Å². The van der Waals surface area contributed by atoms with Crippen molar-refractivity contribution in [2.75, 3.05) is 72.5 Å². The van der Waals surface area contributed by atoms with Gasteiger partial charge in [0.25, 0.3) is 0 Å². The molecule has 0 saturated carbocycles. The van der Waals surface area contributed by atoms with E-state index < -0.39 is 18.3 Å². The van der Waals surface area contributed by atoms with Gasteiger partial charge >= 0.3 is 0 Å². The summed E-state index contributed by atoms with van der Waals surface area (Å²) in [6.45, 7) is 6.72. The molecular weight excluding hydrogens is 489 g/mol. The second-order valence-electron chi connectivity index (χ2n) is 11.0. The number of likely N-dealkylation sites (tertiary alicyclic amines) is 1. The number of rotatable bonds is 4. The third-order valence-electron chi connectivity index (χ3n) is 8.55. The van der Waals surface area contributed by atoms with Crippen LogP contribution in [0.1, 0.15) is 12.8 Å². The molecule has 7 atom stereocenters. The van der Waals surface area contributed by atoms with Crippen molar-refractivity contribution in [3.05, 3.63) is 0 Å². The standard InChI is InChI=1S/C23H41ClFN9O2/c1-31-6-8-33(9-7-31)23(36)14-2-4-32(5-3-14)19-16(24)11-27-12-17(19)29-22(35)18-20(26)30-34-13-15(25)10-28-21(18)34/h14-21,27-28,30H,2-13,26H2,1H3,(H,29,35). The van der Waals surface area contributed by atoms with Gasteiger partial charge in [0, 0.05) is 64.3 Å². The molecule has 5 aliphatic heterocycles. The summed E-state index contributed by atoms with van der Waals surface area (Å²) >= 11 is 6.81. The van der Waals surface area contributed by atoms with Crippen LogP contribution in [0, 0.1) is 11.8 Å². The number of fused-ring (bicyclic) bond motifs is 1. The molecule has 13 heteroatoms. The van der Waals surface area contributed by atoms with E-state index in [4.69, 9.17) is 17.3 Å². The van der Waals surface area contributed by atoms with Crippen LogP contribution in [0.4, 0.5) is 4.39 Å². The molecule has 7 unspecified atom stereocenters. The number of piperidine rings is 2. The maximum absolute atomic E-state index is 13.8. The SMILES string of the molecule is CN1CCN(C(=O)C2CCN(C3C(Cl)CNCC3NC(=O)C3C(N)NN4CC(F)CNC34)CC2)CC1. The maximum atomic E-state index is 13.8. The Balaban J connectivity index is 1.18. The number of hydrogen-bond donors (Lipinski definition) is 5. The Bertz CT molecular complexity index is 796. The van der Waals surface area contributed by atoms with E-state index in [0.29, 0.717) is 13.1 Å². The van der Waals surface area contributed by atoms with Gasteiger partial charge in [-0.2, -0.15) is 0 Å². The summed E-state index contributed by atoms with van der Waals surface area (Å²) in [5.41, 5.74) is 9.28. The number of alkyl halides is 2. The van der Waals surface area contributed by atoms with E-state index in [0.717, 1.165) is 52.1 Å². The van der Waals surface area contributed by atoms with Crippen molar-refractivity contribution in [2.24, 2.45) is 17.6 Å². The largest absolute Gasteiger partial charge is 0.350 e. The number of hydrazine groups is 1. The predicted octanol–water partition coefficient (Wildman–Crippen LogP) is -2.47. The molecule has 11 nitrogen and oxygen atoms in total. The second-order valence-corrected chi connectivity index (χ2v) is 11.6. The minimum absolute atomic E-state index is 0.0345. The lowest BCUT2D eigenvalue weighted by Gasteiger charge is -2.46. The summed E-state index contributed by atoms with van der Waals surface area (Å²) in [6.07, 6.45) is -0.321. The highest BCUT2D eigenvalue weighted by Crippen LogP contribution is 2.28. The molecule has 36 heavy (non-hydrogen) atoms. The van der Waals surface area contributed by atoms with Crippen LogP contribution in [0.2, 0.25) is 0 Å². The van der Waals surface area contributed by atoms with Gasteiger partial charge in [-0.3, -0.25) is 19.8 Å². The highest BCUT2D eigenvalue weighted by atomic mass is 35.5. The molecule has 5 rings (SSSR count). The normalized spacial score (nSPS) is 39.7. The third kappa shape index (κ3) is 5.51. The Morgan fingerprint density at radius 3 is 2.50 bits per heavy atom. The van der Waals surface area contributed by atoms with Crippen LogP contribution in [-0.2, 0) is 9.59 Å². The molecule has 0 aromatic rings. The number of amides is 2. The van der Waals surface area contributed by atoms with Crippen molar-refractivity contribution in [2.45, 2.75) is 48.8 Å². The quantitative estimate of drug-likeness (QED) is 0.252. The van der Waals surface area contributed by atoms with Crippen LogP contribution in [0.25, 0.3) is 0 Å². The van der Waals surface area contributed by atoms with Gasteiger partial charge in [-0.05, 0) is 33.0 Å². The summed E-state index contributed by atoms with van der Waals surface area (Å²) in [5, 5.41) is 11.2. The Morgan fingerprint density at radius 1 is 1.06 bits per heavy atom. The molecule has 6 N–H and O–H groups in total. The highest BCUT2D eigenvalue weighted by molar-refractivity contribution is 6.21. The lowest BCUT2D eigenvalue weighted by atomic mass is 9.90. The van der Waals surface area contributed by atoms with Gasteiger partial charge in [0.05, 0.1) is 29.7 Å². The zero-order valence-corrected chi connectivity index (χ0v) is 21.8. The van der Waals surface area contributed by atoms with Crippen LogP contribution < -0.4 is 27.1 Å². The first-order valence-corrected chi connectivity index (χ1v) is 13.8. The molecule has 0 bridgehead atoms. The van der Waals surface area contributed by atoms with E-state index >= 15 is 0 Å². The van der Waals surface area contributed by atoms with E-state index in [-0.39, 0.29) is 54.4 Å². The van der Waals surface area contributed by atoms with E-state index in [1.54, 1.807) is 5.01 Å². The van der Waals surface area contributed by atoms with Gasteiger partial charge in [-0.25, -0.2) is 14.8 Å². The molecule has 0 aromatic heterocycles. The molecule has 5 saturated heterocycles. The smallest absolute Gasteiger partial charge is 0.229 e. The van der Waals surface area contributed by atoms with Gasteiger partial charge in [0.15, 0.2) is 0 Å². The lowest BCUT2D eigenvalue weighted by molar-refractivity contribution is -0.139. The monoisotopic (exact) mass is 529 g/mol. The van der Waals surface area contributed by atoms with Crippen molar-refractivity contribution < 1.29 is 14.0 Å². The minimum Gasteiger partial charge on any atom is -0.350 e. The van der Waals surface area contributed by atoms with Crippen LogP contribution in [0.5, 0.6) is 0 Å². The van der Waals surface area contributed by atoms with Crippen LogP contribution in [-0.4, -0.2) is 140 Å². The average molecular weight is 530 g/mol.